The highest BCUT2D eigenvalue weighted by molar-refractivity contribution is 4.88. The van der Waals surface area contributed by atoms with Gasteiger partial charge in [0, 0.05) is 52.4 Å². The molecule has 2 N–H and O–H groups in total. The standard InChI is InChI=1S/C12H24N2O3/c1-15-11-6-14(7-12(11)16-2)5-9-8-17-4-3-10(9)13/h9-12H,3-8,13H2,1-2H3. The van der Waals surface area contributed by atoms with Gasteiger partial charge in [-0.05, 0) is 6.42 Å². The van der Waals surface area contributed by atoms with Crippen molar-refractivity contribution in [3.8, 4) is 0 Å². The Bertz CT molecular complexity index is 228. The molecule has 0 bridgehead atoms. The Labute approximate surface area is 103 Å². The van der Waals surface area contributed by atoms with Gasteiger partial charge in [0.2, 0.25) is 0 Å². The summed E-state index contributed by atoms with van der Waals surface area (Å²) >= 11 is 0. The molecule has 0 spiro atoms. The maximum atomic E-state index is 6.12. The van der Waals surface area contributed by atoms with Gasteiger partial charge in [-0.25, -0.2) is 0 Å². The molecule has 4 unspecified atom stereocenters. The number of likely N-dealkylation sites (tertiary alicyclic amines) is 1. The molecule has 2 fully saturated rings. The van der Waals surface area contributed by atoms with E-state index in [1.165, 1.54) is 0 Å². The van der Waals surface area contributed by atoms with Crippen LogP contribution in [0, 0.1) is 5.92 Å². The molecular formula is C12H24N2O3. The zero-order valence-electron chi connectivity index (χ0n) is 10.8. The van der Waals surface area contributed by atoms with Crippen molar-refractivity contribution in [2.75, 3.05) is 47.1 Å². The molecule has 2 saturated heterocycles. The Hall–Kier alpha value is -0.200. The number of methoxy groups -OCH3 is 2. The molecule has 17 heavy (non-hydrogen) atoms. The Morgan fingerprint density at radius 2 is 1.88 bits per heavy atom. The zero-order valence-corrected chi connectivity index (χ0v) is 10.8. The smallest absolute Gasteiger partial charge is 0.0971 e. The lowest BCUT2D eigenvalue weighted by Crippen LogP contribution is -2.45. The number of nitrogens with zero attached hydrogens (tertiary/aromatic N) is 1. The van der Waals surface area contributed by atoms with Crippen molar-refractivity contribution in [1.29, 1.82) is 0 Å². The number of hydrogen-bond donors (Lipinski definition) is 1. The van der Waals surface area contributed by atoms with E-state index >= 15 is 0 Å². The van der Waals surface area contributed by atoms with E-state index in [9.17, 15) is 0 Å². The minimum atomic E-state index is 0.181. The predicted molar refractivity (Wildman–Crippen MR) is 64.9 cm³/mol. The van der Waals surface area contributed by atoms with E-state index in [4.69, 9.17) is 19.9 Å². The van der Waals surface area contributed by atoms with E-state index in [1.807, 2.05) is 0 Å². The molecule has 0 aromatic carbocycles. The van der Waals surface area contributed by atoms with Gasteiger partial charge in [-0.3, -0.25) is 4.90 Å². The van der Waals surface area contributed by atoms with E-state index in [-0.39, 0.29) is 18.2 Å². The lowest BCUT2D eigenvalue weighted by atomic mass is 9.96. The van der Waals surface area contributed by atoms with Crippen LogP contribution in [0.4, 0.5) is 0 Å². The van der Waals surface area contributed by atoms with Crippen LogP contribution in [-0.4, -0.2) is 70.2 Å². The van der Waals surface area contributed by atoms with Crippen LogP contribution in [0.15, 0.2) is 0 Å². The van der Waals surface area contributed by atoms with Gasteiger partial charge in [0.1, 0.15) is 0 Å². The molecule has 0 aromatic rings. The van der Waals surface area contributed by atoms with Crippen LogP contribution in [0.2, 0.25) is 0 Å². The van der Waals surface area contributed by atoms with Crippen molar-refractivity contribution in [3.05, 3.63) is 0 Å². The summed E-state index contributed by atoms with van der Waals surface area (Å²) in [5.41, 5.74) is 6.12. The molecule has 2 heterocycles. The maximum Gasteiger partial charge on any atom is 0.0971 e. The molecule has 2 aliphatic heterocycles. The summed E-state index contributed by atoms with van der Waals surface area (Å²) < 4.78 is 16.4. The topological polar surface area (TPSA) is 57.0 Å². The third-order valence-electron chi connectivity index (χ3n) is 3.92. The van der Waals surface area contributed by atoms with Crippen molar-refractivity contribution in [2.24, 2.45) is 11.7 Å². The van der Waals surface area contributed by atoms with Gasteiger partial charge >= 0.3 is 0 Å². The average Bonchev–Trinajstić information content (AvgIpc) is 2.74. The van der Waals surface area contributed by atoms with E-state index in [0.717, 1.165) is 39.3 Å². The van der Waals surface area contributed by atoms with Crippen LogP contribution in [0.1, 0.15) is 6.42 Å². The molecule has 5 nitrogen and oxygen atoms in total. The van der Waals surface area contributed by atoms with Crippen molar-refractivity contribution in [1.82, 2.24) is 4.90 Å². The second-order valence-electron chi connectivity index (χ2n) is 5.05. The third-order valence-corrected chi connectivity index (χ3v) is 3.92. The molecule has 0 saturated carbocycles. The van der Waals surface area contributed by atoms with Crippen molar-refractivity contribution < 1.29 is 14.2 Å². The van der Waals surface area contributed by atoms with E-state index < -0.39 is 0 Å². The first-order valence-electron chi connectivity index (χ1n) is 6.36. The molecule has 100 valence electrons. The Kier molecular flexibility index (Phi) is 4.76. The van der Waals surface area contributed by atoms with Gasteiger partial charge in [-0.1, -0.05) is 0 Å². The van der Waals surface area contributed by atoms with Crippen LogP contribution in [0.3, 0.4) is 0 Å². The SMILES string of the molecule is COC1CN(CC2COCCC2N)CC1OC. The number of nitrogens with two attached hydrogens (primary N) is 1. The highest BCUT2D eigenvalue weighted by Gasteiger charge is 2.35. The van der Waals surface area contributed by atoms with Crippen LogP contribution in [0.5, 0.6) is 0 Å². The molecule has 2 rings (SSSR count). The summed E-state index contributed by atoms with van der Waals surface area (Å²) in [5.74, 6) is 0.442. The average molecular weight is 244 g/mol. The lowest BCUT2D eigenvalue weighted by Gasteiger charge is -2.31. The molecule has 0 aromatic heterocycles. The van der Waals surface area contributed by atoms with Crippen LogP contribution in [0.25, 0.3) is 0 Å². The summed E-state index contributed by atoms with van der Waals surface area (Å²) in [6.07, 6.45) is 1.33. The molecule has 2 aliphatic rings. The second kappa shape index (κ2) is 6.11. The van der Waals surface area contributed by atoms with Gasteiger partial charge in [-0.2, -0.15) is 0 Å². The fourth-order valence-corrected chi connectivity index (χ4v) is 2.75. The Morgan fingerprint density at radius 3 is 2.41 bits per heavy atom. The Balaban J connectivity index is 1.83. The van der Waals surface area contributed by atoms with Gasteiger partial charge in [0.25, 0.3) is 0 Å². The summed E-state index contributed by atoms with van der Waals surface area (Å²) in [6, 6.07) is 0.270. The minimum absolute atomic E-state index is 0.181. The first-order valence-corrected chi connectivity index (χ1v) is 6.36. The quantitative estimate of drug-likeness (QED) is 0.735. The van der Waals surface area contributed by atoms with Gasteiger partial charge in [0.15, 0.2) is 0 Å². The minimum Gasteiger partial charge on any atom is -0.381 e. The highest BCUT2D eigenvalue weighted by atomic mass is 16.5. The van der Waals surface area contributed by atoms with Crippen molar-refractivity contribution >= 4 is 0 Å². The van der Waals surface area contributed by atoms with Crippen LogP contribution >= 0.6 is 0 Å². The van der Waals surface area contributed by atoms with Crippen molar-refractivity contribution in [2.45, 2.75) is 24.7 Å². The maximum absolute atomic E-state index is 6.12. The number of ether oxygens (including phenoxy) is 3. The fourth-order valence-electron chi connectivity index (χ4n) is 2.75. The molecular weight excluding hydrogens is 220 g/mol. The third kappa shape index (κ3) is 3.17. The van der Waals surface area contributed by atoms with Crippen molar-refractivity contribution in [3.63, 3.8) is 0 Å². The van der Waals surface area contributed by atoms with E-state index in [1.54, 1.807) is 14.2 Å². The summed E-state index contributed by atoms with van der Waals surface area (Å²) in [7, 11) is 3.49. The predicted octanol–water partition coefficient (Wildman–Crippen LogP) is -0.304. The van der Waals surface area contributed by atoms with Gasteiger partial charge in [-0.15, -0.1) is 0 Å². The second-order valence-corrected chi connectivity index (χ2v) is 5.05. The Morgan fingerprint density at radius 1 is 1.24 bits per heavy atom. The van der Waals surface area contributed by atoms with Gasteiger partial charge in [0.05, 0.1) is 18.8 Å². The summed E-state index contributed by atoms with van der Waals surface area (Å²) in [6.45, 7) is 4.43. The highest BCUT2D eigenvalue weighted by Crippen LogP contribution is 2.20. The lowest BCUT2D eigenvalue weighted by molar-refractivity contribution is -0.00461. The number of rotatable bonds is 4. The first kappa shape index (κ1) is 13.2. The van der Waals surface area contributed by atoms with Crippen LogP contribution in [-0.2, 0) is 14.2 Å². The summed E-state index contributed by atoms with van der Waals surface area (Å²) in [4.78, 5) is 2.38. The molecule has 4 atom stereocenters. The largest absolute Gasteiger partial charge is 0.381 e. The molecule has 0 aliphatic carbocycles. The first-order chi connectivity index (χ1) is 8.24. The molecule has 5 heteroatoms. The normalized spacial score (nSPS) is 39.7. The monoisotopic (exact) mass is 244 g/mol. The van der Waals surface area contributed by atoms with Gasteiger partial charge < -0.3 is 19.9 Å². The number of hydrogen-bond acceptors (Lipinski definition) is 5. The van der Waals surface area contributed by atoms with E-state index in [2.05, 4.69) is 4.90 Å². The van der Waals surface area contributed by atoms with Crippen LogP contribution < -0.4 is 5.73 Å². The molecule has 0 amide bonds. The van der Waals surface area contributed by atoms with E-state index in [0.29, 0.717) is 5.92 Å². The summed E-state index contributed by atoms with van der Waals surface area (Å²) in [5, 5.41) is 0. The molecule has 0 radical (unpaired) electrons. The zero-order chi connectivity index (χ0) is 12.3. The fraction of sp³-hybridized carbons (Fsp3) is 1.00.